The first-order valence-electron chi connectivity index (χ1n) is 6.34. The summed E-state index contributed by atoms with van der Waals surface area (Å²) in [6.45, 7) is 0. The summed E-state index contributed by atoms with van der Waals surface area (Å²) in [7, 11) is 3.19. The van der Waals surface area contributed by atoms with Gasteiger partial charge in [-0.2, -0.15) is 0 Å². The number of benzene rings is 1. The average Bonchev–Trinajstić information content (AvgIpc) is 2.55. The van der Waals surface area contributed by atoms with Gasteiger partial charge in [0.15, 0.2) is 5.56 Å². The summed E-state index contributed by atoms with van der Waals surface area (Å²) < 4.78 is 10.6. The first-order chi connectivity index (χ1) is 10.2. The van der Waals surface area contributed by atoms with Crippen LogP contribution in [0.15, 0.2) is 41.5 Å². The van der Waals surface area contributed by atoms with Crippen molar-refractivity contribution >= 4 is 10.8 Å². The summed E-state index contributed by atoms with van der Waals surface area (Å²) in [6, 6.07) is 7.32. The average molecular weight is 467 g/mol. The minimum Gasteiger partial charge on any atom is -0.497 e. The van der Waals surface area contributed by atoms with Crippen molar-refractivity contribution in [3.05, 3.63) is 53.2 Å². The smallest absolute Gasteiger partial charge is 0.172 e. The van der Waals surface area contributed by atoms with Crippen molar-refractivity contribution in [2.24, 2.45) is 0 Å². The maximum Gasteiger partial charge on any atom is 0.172 e. The van der Waals surface area contributed by atoms with Gasteiger partial charge < -0.3 is 19.3 Å². The Balaban J connectivity index is 0.00000176. The third kappa shape index (κ3) is 2.89. The van der Waals surface area contributed by atoms with E-state index in [0.29, 0.717) is 16.9 Å². The van der Waals surface area contributed by atoms with Crippen LogP contribution in [0, 0.1) is 6.20 Å². The summed E-state index contributed by atoms with van der Waals surface area (Å²) in [5.41, 5.74) is 1.40. The molecule has 3 aromatic rings. The zero-order chi connectivity index (χ0) is 14.8. The van der Waals surface area contributed by atoms with Crippen molar-refractivity contribution in [3.8, 4) is 22.6 Å². The van der Waals surface area contributed by atoms with Gasteiger partial charge in [0.1, 0.15) is 11.5 Å². The van der Waals surface area contributed by atoms with Crippen molar-refractivity contribution in [2.75, 3.05) is 14.2 Å². The molecular formula is C16H13N2O3Re-. The molecule has 0 saturated heterocycles. The Morgan fingerprint density at radius 2 is 1.77 bits per heavy atom. The molecule has 0 amide bonds. The number of nitrogens with zero attached hydrogens (tertiary/aromatic N) is 1. The summed E-state index contributed by atoms with van der Waals surface area (Å²) in [4.78, 5) is 18.4. The number of ether oxygens (including phenoxy) is 2. The number of aromatic amines is 1. The fraction of sp³-hybridized carbons (Fsp3) is 0.125. The van der Waals surface area contributed by atoms with E-state index in [0.717, 1.165) is 16.5 Å². The van der Waals surface area contributed by atoms with E-state index in [2.05, 4.69) is 16.2 Å². The molecule has 0 saturated carbocycles. The Morgan fingerprint density at radius 1 is 1.09 bits per heavy atom. The molecule has 2 aromatic heterocycles. The van der Waals surface area contributed by atoms with Crippen molar-refractivity contribution in [1.29, 1.82) is 0 Å². The fourth-order valence-electron chi connectivity index (χ4n) is 2.23. The Bertz CT molecular complexity index is 839. The van der Waals surface area contributed by atoms with Gasteiger partial charge in [-0.15, -0.1) is 5.56 Å². The molecule has 113 valence electrons. The number of aromatic nitrogens is 2. The molecule has 0 aliphatic heterocycles. The van der Waals surface area contributed by atoms with Gasteiger partial charge in [0.05, 0.1) is 14.2 Å². The van der Waals surface area contributed by atoms with Gasteiger partial charge in [-0.3, -0.25) is 4.98 Å². The van der Waals surface area contributed by atoms with Gasteiger partial charge in [0.25, 0.3) is 0 Å². The maximum absolute atomic E-state index is 11.8. The van der Waals surface area contributed by atoms with Crippen LogP contribution in [0.25, 0.3) is 21.9 Å². The van der Waals surface area contributed by atoms with E-state index in [1.807, 2.05) is 12.1 Å². The van der Waals surface area contributed by atoms with Crippen LogP contribution in [0.4, 0.5) is 0 Å². The Labute approximate surface area is 141 Å². The summed E-state index contributed by atoms with van der Waals surface area (Å²) in [5, 5.41) is 1.30. The van der Waals surface area contributed by atoms with E-state index in [4.69, 9.17) is 9.47 Å². The minimum atomic E-state index is -0.211. The van der Waals surface area contributed by atoms with Gasteiger partial charge in [-0.05, 0) is 5.39 Å². The SMILES string of the molecule is COc1cc(OC)cc(-c2[c-][nH]c(=O)c3cnccc23)c1.[Re]. The molecule has 0 fully saturated rings. The molecule has 0 spiro atoms. The zero-order valence-electron chi connectivity index (χ0n) is 12.0. The molecule has 2 heterocycles. The largest absolute Gasteiger partial charge is 0.497 e. The van der Waals surface area contributed by atoms with E-state index in [9.17, 15) is 4.79 Å². The maximum atomic E-state index is 11.8. The zero-order valence-corrected chi connectivity index (χ0v) is 14.7. The number of H-pyrrole nitrogens is 1. The Hall–Kier alpha value is -2.16. The minimum absolute atomic E-state index is 0. The molecule has 1 aromatic carbocycles. The molecule has 1 radical (unpaired) electrons. The van der Waals surface area contributed by atoms with Crippen molar-refractivity contribution in [3.63, 3.8) is 0 Å². The van der Waals surface area contributed by atoms with E-state index < -0.39 is 0 Å². The molecule has 5 nitrogen and oxygen atoms in total. The van der Waals surface area contributed by atoms with E-state index in [1.54, 1.807) is 38.7 Å². The fourth-order valence-corrected chi connectivity index (χ4v) is 2.23. The quantitative estimate of drug-likeness (QED) is 0.601. The molecular weight excluding hydrogens is 454 g/mol. The molecule has 1 N–H and O–H groups in total. The van der Waals surface area contributed by atoms with Crippen LogP contribution in [0.5, 0.6) is 11.5 Å². The van der Waals surface area contributed by atoms with Gasteiger partial charge in [0, 0.05) is 38.9 Å². The van der Waals surface area contributed by atoms with Crippen LogP contribution in [0.2, 0.25) is 0 Å². The second kappa shape index (κ2) is 6.74. The topological polar surface area (TPSA) is 64.2 Å². The first-order valence-corrected chi connectivity index (χ1v) is 6.34. The van der Waals surface area contributed by atoms with Gasteiger partial charge >= 0.3 is 0 Å². The van der Waals surface area contributed by atoms with Crippen molar-refractivity contribution in [2.45, 2.75) is 0 Å². The van der Waals surface area contributed by atoms with Crippen LogP contribution in [0.1, 0.15) is 0 Å². The van der Waals surface area contributed by atoms with Crippen LogP contribution in [-0.2, 0) is 20.4 Å². The standard InChI is InChI=1S/C16H13N2O3.Re/c1-20-11-5-10(6-12(7-11)21-2)14-9-18-16(19)15-8-17-4-3-13(14)15;/h3-8H,1-2H3,(H,18,19);/q-1;. The monoisotopic (exact) mass is 468 g/mol. The van der Waals surface area contributed by atoms with E-state index in [1.165, 1.54) is 0 Å². The number of methoxy groups -OCH3 is 2. The number of hydrogen-bond donors (Lipinski definition) is 1. The Kier molecular flexibility index (Phi) is 4.97. The predicted octanol–water partition coefficient (Wildman–Crippen LogP) is 2.40. The number of nitrogens with one attached hydrogen (secondary N) is 1. The second-order valence-corrected chi connectivity index (χ2v) is 4.48. The Morgan fingerprint density at radius 3 is 2.41 bits per heavy atom. The van der Waals surface area contributed by atoms with Crippen molar-refractivity contribution in [1.82, 2.24) is 9.97 Å². The van der Waals surface area contributed by atoms with Crippen molar-refractivity contribution < 1.29 is 29.9 Å². The van der Waals surface area contributed by atoms with Crippen LogP contribution < -0.4 is 15.0 Å². The molecule has 6 heteroatoms. The summed E-state index contributed by atoms with van der Waals surface area (Å²) in [5.74, 6) is 1.34. The predicted molar refractivity (Wildman–Crippen MR) is 79.7 cm³/mol. The molecule has 22 heavy (non-hydrogen) atoms. The molecule has 3 rings (SSSR count). The summed E-state index contributed by atoms with van der Waals surface area (Å²) >= 11 is 0. The molecule has 0 unspecified atom stereocenters. The van der Waals surface area contributed by atoms with Crippen LogP contribution in [-0.4, -0.2) is 24.2 Å². The number of rotatable bonds is 3. The molecule has 0 bridgehead atoms. The second-order valence-electron chi connectivity index (χ2n) is 4.48. The van der Waals surface area contributed by atoms with Gasteiger partial charge in [-0.1, -0.05) is 35.3 Å². The number of fused-ring (bicyclic) bond motifs is 1. The van der Waals surface area contributed by atoms with E-state index >= 15 is 0 Å². The normalized spacial score (nSPS) is 10.1. The van der Waals surface area contributed by atoms with Gasteiger partial charge in [-0.25, -0.2) is 0 Å². The van der Waals surface area contributed by atoms with Crippen LogP contribution in [0.3, 0.4) is 0 Å². The number of hydrogen-bond acceptors (Lipinski definition) is 4. The molecule has 0 atom stereocenters. The molecule has 0 aliphatic rings. The van der Waals surface area contributed by atoms with Gasteiger partial charge in [0.2, 0.25) is 0 Å². The number of pyridine rings is 2. The third-order valence-corrected chi connectivity index (χ3v) is 3.28. The first kappa shape index (κ1) is 16.2. The van der Waals surface area contributed by atoms with Crippen LogP contribution >= 0.6 is 0 Å². The third-order valence-electron chi connectivity index (χ3n) is 3.28. The molecule has 0 aliphatic carbocycles. The summed E-state index contributed by atoms with van der Waals surface area (Å²) in [6.07, 6.45) is 6.12. The van der Waals surface area contributed by atoms with E-state index in [-0.39, 0.29) is 26.0 Å².